The fraction of sp³-hybridized carbons (Fsp3) is 0.333. The van der Waals surface area contributed by atoms with Crippen molar-refractivity contribution >= 4 is 11.4 Å². The lowest BCUT2D eigenvalue weighted by Crippen LogP contribution is -2.30. The summed E-state index contributed by atoms with van der Waals surface area (Å²) in [4.78, 5) is 11.4. The summed E-state index contributed by atoms with van der Waals surface area (Å²) in [5, 5.41) is 15.2. The van der Waals surface area contributed by atoms with Crippen LogP contribution in [0.25, 0.3) is 0 Å². The van der Waals surface area contributed by atoms with Crippen molar-refractivity contribution in [3.63, 3.8) is 0 Å². The first-order valence-corrected chi connectivity index (χ1v) is 8.87. The van der Waals surface area contributed by atoms with E-state index >= 15 is 0 Å². The molecule has 1 N–H and O–H groups in total. The predicted octanol–water partition coefficient (Wildman–Crippen LogP) is 5.05. The van der Waals surface area contributed by atoms with Crippen molar-refractivity contribution in [2.45, 2.75) is 32.2 Å². The number of fused-ring (bicyclic) bond motifs is 3. The fourth-order valence-corrected chi connectivity index (χ4v) is 4.39. The number of hydrogen-bond acceptors (Lipinski definition) is 4. The minimum absolute atomic E-state index is 0.0124. The number of nitro benzene ring substituents is 1. The number of nitro groups is 1. The molecule has 5 heteroatoms. The highest BCUT2D eigenvalue weighted by molar-refractivity contribution is 5.74. The molecule has 0 spiro atoms. The summed E-state index contributed by atoms with van der Waals surface area (Å²) in [6.07, 6.45) is 5.38. The Bertz CT molecular complexity index is 920. The first-order chi connectivity index (χ1) is 12.5. The van der Waals surface area contributed by atoms with Gasteiger partial charge in [-0.05, 0) is 60.6 Å². The van der Waals surface area contributed by atoms with Gasteiger partial charge in [-0.15, -0.1) is 0 Å². The molecular weight excluding hydrogens is 328 g/mol. The number of anilines is 1. The predicted molar refractivity (Wildman–Crippen MR) is 102 cm³/mol. The molecule has 0 aromatic heterocycles. The van der Waals surface area contributed by atoms with Crippen molar-refractivity contribution in [1.82, 2.24) is 0 Å². The van der Waals surface area contributed by atoms with Gasteiger partial charge in [-0.3, -0.25) is 10.1 Å². The zero-order valence-corrected chi connectivity index (χ0v) is 15.2. The van der Waals surface area contributed by atoms with Crippen LogP contribution in [0.5, 0.6) is 5.75 Å². The summed E-state index contributed by atoms with van der Waals surface area (Å²) in [5.74, 6) is 1.34. The van der Waals surface area contributed by atoms with Gasteiger partial charge in [0.2, 0.25) is 0 Å². The monoisotopic (exact) mass is 350 g/mol. The highest BCUT2D eigenvalue weighted by atomic mass is 16.6. The molecule has 0 saturated carbocycles. The van der Waals surface area contributed by atoms with Crippen molar-refractivity contribution in [2.24, 2.45) is 5.92 Å². The normalized spacial score (nSPS) is 23.1. The number of benzene rings is 2. The smallest absolute Gasteiger partial charge is 0.292 e. The molecule has 0 bridgehead atoms. The second kappa shape index (κ2) is 6.16. The summed E-state index contributed by atoms with van der Waals surface area (Å²) in [5.41, 5.74) is 5.11. The number of nitrogens with zero attached hydrogens (tertiary/aromatic N) is 1. The van der Waals surface area contributed by atoms with Crippen molar-refractivity contribution in [2.75, 3.05) is 12.4 Å². The zero-order chi connectivity index (χ0) is 18.4. The third-order valence-electron chi connectivity index (χ3n) is 5.80. The van der Waals surface area contributed by atoms with Crippen molar-refractivity contribution in [1.29, 1.82) is 0 Å². The first kappa shape index (κ1) is 16.6. The Morgan fingerprint density at radius 1 is 1.27 bits per heavy atom. The van der Waals surface area contributed by atoms with Gasteiger partial charge in [-0.25, -0.2) is 0 Å². The van der Waals surface area contributed by atoms with Crippen LogP contribution >= 0.6 is 0 Å². The molecule has 0 fully saturated rings. The van der Waals surface area contributed by atoms with Gasteiger partial charge in [-0.2, -0.15) is 0 Å². The molecule has 0 saturated heterocycles. The number of ether oxygens (including phenoxy) is 1. The molecule has 1 aliphatic carbocycles. The van der Waals surface area contributed by atoms with Crippen LogP contribution in [-0.2, 0) is 0 Å². The van der Waals surface area contributed by atoms with E-state index in [0.29, 0.717) is 11.6 Å². The van der Waals surface area contributed by atoms with E-state index in [0.717, 1.165) is 34.4 Å². The molecule has 2 aromatic rings. The Hall–Kier alpha value is -2.82. The Morgan fingerprint density at radius 2 is 2.08 bits per heavy atom. The molecule has 3 atom stereocenters. The lowest BCUT2D eigenvalue weighted by atomic mass is 9.74. The molecule has 2 aromatic carbocycles. The maximum absolute atomic E-state index is 11.7. The van der Waals surface area contributed by atoms with E-state index in [4.69, 9.17) is 4.74 Å². The molecule has 0 amide bonds. The Kier molecular flexibility index (Phi) is 3.94. The largest absolute Gasteiger partial charge is 0.497 e. The zero-order valence-electron chi connectivity index (χ0n) is 15.2. The second-order valence-electron chi connectivity index (χ2n) is 7.14. The van der Waals surface area contributed by atoms with Crippen LogP contribution in [0.2, 0.25) is 0 Å². The highest BCUT2D eigenvalue weighted by Gasteiger charge is 2.41. The summed E-state index contributed by atoms with van der Waals surface area (Å²) < 4.78 is 5.37. The van der Waals surface area contributed by atoms with Crippen molar-refractivity contribution in [3.8, 4) is 5.75 Å². The molecule has 0 unspecified atom stereocenters. The minimum Gasteiger partial charge on any atom is -0.497 e. The fourth-order valence-electron chi connectivity index (χ4n) is 4.39. The Labute approximate surface area is 152 Å². The van der Waals surface area contributed by atoms with E-state index in [1.165, 1.54) is 0 Å². The number of nitrogens with one attached hydrogen (secondary N) is 1. The topological polar surface area (TPSA) is 64.4 Å². The lowest BCUT2D eigenvalue weighted by molar-refractivity contribution is -0.384. The molecule has 2 aliphatic rings. The number of hydrogen-bond donors (Lipinski definition) is 1. The number of rotatable bonds is 3. The molecule has 1 heterocycles. The van der Waals surface area contributed by atoms with Crippen molar-refractivity contribution in [3.05, 3.63) is 74.9 Å². The van der Waals surface area contributed by atoms with Crippen molar-refractivity contribution < 1.29 is 9.66 Å². The average molecular weight is 350 g/mol. The van der Waals surface area contributed by atoms with Crippen LogP contribution in [0, 0.1) is 29.9 Å². The van der Waals surface area contributed by atoms with E-state index in [9.17, 15) is 10.1 Å². The van der Waals surface area contributed by atoms with E-state index < -0.39 is 0 Å². The highest BCUT2D eigenvalue weighted by Crippen LogP contribution is 2.53. The van der Waals surface area contributed by atoms with Gasteiger partial charge in [-0.1, -0.05) is 24.3 Å². The third kappa shape index (κ3) is 2.46. The van der Waals surface area contributed by atoms with Crippen LogP contribution < -0.4 is 10.1 Å². The maximum atomic E-state index is 11.7. The lowest BCUT2D eigenvalue weighted by Gasteiger charge is -2.38. The first-order valence-electron chi connectivity index (χ1n) is 8.87. The van der Waals surface area contributed by atoms with Crippen LogP contribution in [-0.4, -0.2) is 12.0 Å². The molecular formula is C21H22N2O3. The summed E-state index contributed by atoms with van der Waals surface area (Å²) >= 11 is 0. The molecule has 1 aliphatic heterocycles. The van der Waals surface area contributed by atoms with Gasteiger partial charge in [0.15, 0.2) is 0 Å². The Balaban J connectivity index is 1.89. The standard InChI is InChI=1S/C21H22N2O3/c1-12-10-18(23(24)25)21-19(13(12)2)16-8-5-9-17(16)20(22-21)14-6-4-7-15(11-14)26-3/h4-8,10-11,16-17,20,22H,9H2,1-3H3/t16-,17+,20+/m1/s1. The number of methoxy groups -OCH3 is 1. The van der Waals surface area contributed by atoms with Crippen LogP contribution in [0.1, 0.15) is 40.6 Å². The number of aryl methyl sites for hydroxylation is 1. The summed E-state index contributed by atoms with van der Waals surface area (Å²) in [7, 11) is 1.65. The third-order valence-corrected chi connectivity index (χ3v) is 5.80. The number of allylic oxidation sites excluding steroid dienone is 2. The van der Waals surface area contributed by atoms with Gasteiger partial charge in [0.25, 0.3) is 5.69 Å². The quantitative estimate of drug-likeness (QED) is 0.478. The molecule has 4 rings (SSSR count). The summed E-state index contributed by atoms with van der Waals surface area (Å²) in [6, 6.07) is 9.66. The minimum atomic E-state index is -0.278. The van der Waals surface area contributed by atoms with Gasteiger partial charge < -0.3 is 10.1 Å². The van der Waals surface area contributed by atoms with Gasteiger partial charge in [0.05, 0.1) is 18.1 Å². The van der Waals surface area contributed by atoms with Gasteiger partial charge in [0, 0.05) is 12.0 Å². The van der Waals surface area contributed by atoms with Crippen LogP contribution in [0.4, 0.5) is 11.4 Å². The average Bonchev–Trinajstić information content (AvgIpc) is 3.13. The second-order valence-corrected chi connectivity index (χ2v) is 7.14. The van der Waals surface area contributed by atoms with Crippen LogP contribution in [0.3, 0.4) is 0 Å². The van der Waals surface area contributed by atoms with Gasteiger partial charge in [0.1, 0.15) is 11.4 Å². The SMILES string of the molecule is COc1cccc([C@@H]2Nc3c([N+](=O)[O-])cc(C)c(C)c3[C@@H]3C=CC[C@@H]32)c1. The van der Waals surface area contributed by atoms with E-state index in [-0.39, 0.29) is 22.6 Å². The molecule has 5 nitrogen and oxygen atoms in total. The van der Waals surface area contributed by atoms with Gasteiger partial charge >= 0.3 is 0 Å². The maximum Gasteiger partial charge on any atom is 0.292 e. The molecule has 134 valence electrons. The van der Waals surface area contributed by atoms with E-state index in [2.05, 4.69) is 30.5 Å². The molecule has 0 radical (unpaired) electrons. The van der Waals surface area contributed by atoms with Crippen LogP contribution in [0.15, 0.2) is 42.5 Å². The summed E-state index contributed by atoms with van der Waals surface area (Å²) in [6.45, 7) is 4.01. The Morgan fingerprint density at radius 3 is 2.81 bits per heavy atom. The molecule has 26 heavy (non-hydrogen) atoms. The van der Waals surface area contributed by atoms with E-state index in [1.807, 2.05) is 25.1 Å². The van der Waals surface area contributed by atoms with E-state index in [1.54, 1.807) is 13.2 Å².